The SMILES string of the molecule is C[C@H]1[C@@H](/C(C[C@H]2O[C@@H]3O[C@@]4(C)CC[C@H]5[C@H](C)CC[C@@H]([C@H]2C)[C@@]35OO4)=N\OC(=O)Oc2ccccc2)O[C@@H]2O[C@@]3(C)CC[C@H]4[C@H](C)CC[C@@H]1[C@@]24OO3. The molecule has 0 unspecified atom stereocenters. The fourth-order valence-corrected chi connectivity index (χ4v) is 11.6. The minimum Gasteiger partial charge on any atom is -0.393 e. The molecule has 12 nitrogen and oxygen atoms in total. The number of benzene rings is 1. The normalized spacial score (nSPS) is 51.5. The number of ether oxygens (including phenoxy) is 5. The van der Waals surface area contributed by atoms with Crippen LogP contribution in [0.3, 0.4) is 0 Å². The highest BCUT2D eigenvalue weighted by molar-refractivity contribution is 5.90. The zero-order valence-corrected chi connectivity index (χ0v) is 30.6. The monoisotopic (exact) mass is 711 g/mol. The zero-order valence-electron chi connectivity index (χ0n) is 30.6. The number of hydrogen-bond acceptors (Lipinski definition) is 12. The van der Waals surface area contributed by atoms with Crippen LogP contribution in [0, 0.1) is 47.3 Å². The van der Waals surface area contributed by atoms with Gasteiger partial charge in [-0.15, -0.1) is 0 Å². The smallest absolute Gasteiger partial charge is 0.393 e. The molecule has 10 aliphatic rings. The second-order valence-electron chi connectivity index (χ2n) is 17.3. The summed E-state index contributed by atoms with van der Waals surface area (Å²) in [7, 11) is 0. The van der Waals surface area contributed by atoms with Gasteiger partial charge in [0, 0.05) is 31.1 Å². The molecule has 8 saturated heterocycles. The van der Waals surface area contributed by atoms with E-state index in [0.717, 1.165) is 44.9 Å². The summed E-state index contributed by atoms with van der Waals surface area (Å²) in [6, 6.07) is 8.81. The van der Waals surface area contributed by atoms with E-state index in [1.54, 1.807) is 24.3 Å². The molecule has 2 aliphatic carbocycles. The van der Waals surface area contributed by atoms with Crippen molar-refractivity contribution in [2.45, 2.75) is 147 Å². The summed E-state index contributed by atoms with van der Waals surface area (Å²) in [5.74, 6) is 0.105. The van der Waals surface area contributed by atoms with E-state index in [1.807, 2.05) is 19.9 Å². The molecule has 2 saturated carbocycles. The highest BCUT2D eigenvalue weighted by Gasteiger charge is 2.71. The van der Waals surface area contributed by atoms with E-state index in [2.05, 4.69) is 32.9 Å². The maximum atomic E-state index is 13.1. The van der Waals surface area contributed by atoms with Gasteiger partial charge in [-0.3, -0.25) is 4.84 Å². The number of rotatable bonds is 5. The van der Waals surface area contributed by atoms with Gasteiger partial charge >= 0.3 is 6.16 Å². The minimum absolute atomic E-state index is 0.0540. The van der Waals surface area contributed by atoms with Crippen LogP contribution < -0.4 is 4.74 Å². The van der Waals surface area contributed by atoms with E-state index in [1.165, 1.54) is 0 Å². The molecule has 8 heterocycles. The fourth-order valence-electron chi connectivity index (χ4n) is 11.6. The summed E-state index contributed by atoms with van der Waals surface area (Å²) >= 11 is 0. The summed E-state index contributed by atoms with van der Waals surface area (Å²) in [6.45, 7) is 12.9. The van der Waals surface area contributed by atoms with E-state index < -0.39 is 47.6 Å². The van der Waals surface area contributed by atoms with Crippen LogP contribution in [-0.2, 0) is 43.3 Å². The van der Waals surface area contributed by atoms with Crippen LogP contribution >= 0.6 is 0 Å². The molecule has 0 amide bonds. The Hall–Kier alpha value is -2.16. The van der Waals surface area contributed by atoms with Crippen LogP contribution in [0.5, 0.6) is 5.75 Å². The van der Waals surface area contributed by atoms with Gasteiger partial charge in [0.15, 0.2) is 23.8 Å². The van der Waals surface area contributed by atoms with Crippen LogP contribution in [0.25, 0.3) is 0 Å². The molecule has 11 rings (SSSR count). The molecule has 2 spiro atoms. The van der Waals surface area contributed by atoms with Crippen molar-refractivity contribution in [1.29, 1.82) is 0 Å². The summed E-state index contributed by atoms with van der Waals surface area (Å²) in [4.78, 5) is 43.5. The Labute approximate surface area is 299 Å². The quantitative estimate of drug-likeness (QED) is 0.0756. The van der Waals surface area contributed by atoms with Crippen molar-refractivity contribution in [3.63, 3.8) is 0 Å². The highest BCUT2D eigenvalue weighted by Crippen LogP contribution is 2.63. The Balaban J connectivity index is 1.05. The van der Waals surface area contributed by atoms with Crippen molar-refractivity contribution in [2.24, 2.45) is 52.5 Å². The number of carbonyl (C=O) groups is 1. The summed E-state index contributed by atoms with van der Waals surface area (Å²) in [5.41, 5.74) is -0.869. The predicted molar refractivity (Wildman–Crippen MR) is 179 cm³/mol. The number of nitrogens with zero attached hydrogens (tertiary/aromatic N) is 1. The number of fused-ring (bicyclic) bond motifs is 4. The lowest BCUT2D eigenvalue weighted by molar-refractivity contribution is -0.571. The van der Waals surface area contributed by atoms with Crippen molar-refractivity contribution in [3.05, 3.63) is 30.3 Å². The van der Waals surface area contributed by atoms with Gasteiger partial charge in [-0.05, 0) is 100 Å². The molecule has 16 atom stereocenters. The number of carbonyl (C=O) groups excluding carboxylic acids is 1. The average molecular weight is 712 g/mol. The number of oxime groups is 1. The van der Waals surface area contributed by atoms with Gasteiger partial charge in [0.25, 0.3) is 0 Å². The molecule has 1 aromatic carbocycles. The van der Waals surface area contributed by atoms with Gasteiger partial charge in [0.2, 0.25) is 11.6 Å². The Bertz CT molecular complexity index is 1530. The molecule has 8 aliphatic heterocycles. The van der Waals surface area contributed by atoms with Crippen LogP contribution in [0.15, 0.2) is 35.5 Å². The molecule has 1 aromatic rings. The third-order valence-corrected chi connectivity index (χ3v) is 14.4. The van der Waals surface area contributed by atoms with E-state index in [4.69, 9.17) is 48.1 Å². The molecular formula is C39H53NO11. The standard InChI is InChI=1S/C39H53NO11/c1-21-12-14-28-23(3)31(43-33-38(28)26(21)16-18-36(5,45-33)48-50-38)20-30(40-47-35(41)42-25-10-8-7-9-11-25)32-24(4)29-15-13-22(2)27-17-19-37(6)46-34(44-32)39(27,29)51-49-37/h7-11,21-24,26-29,31-34H,12-20H2,1-6H3/b40-30-/t21-,22-,23-,24-,26+,27+,28+,29+,31-,32+,33-,34-,36-,37-,38-,39-/m1/s1. The van der Waals surface area contributed by atoms with E-state index >= 15 is 0 Å². The van der Waals surface area contributed by atoms with Crippen LogP contribution in [0.1, 0.15) is 99.3 Å². The number of para-hydroxylation sites is 1. The Morgan fingerprint density at radius 2 is 1.29 bits per heavy atom. The van der Waals surface area contributed by atoms with Gasteiger partial charge in [0.05, 0.1) is 11.8 Å². The summed E-state index contributed by atoms with van der Waals surface area (Å²) < 4.78 is 32.8. The van der Waals surface area contributed by atoms with Crippen molar-refractivity contribution in [1.82, 2.24) is 0 Å². The Morgan fingerprint density at radius 3 is 1.90 bits per heavy atom. The van der Waals surface area contributed by atoms with Crippen LogP contribution in [0.4, 0.5) is 4.79 Å². The van der Waals surface area contributed by atoms with E-state index in [-0.39, 0.29) is 41.6 Å². The second-order valence-corrected chi connectivity index (χ2v) is 17.3. The minimum atomic E-state index is -0.928. The Morgan fingerprint density at radius 1 is 0.725 bits per heavy atom. The van der Waals surface area contributed by atoms with Gasteiger partial charge in [0.1, 0.15) is 11.9 Å². The molecule has 10 fully saturated rings. The summed E-state index contributed by atoms with van der Waals surface area (Å²) in [6.07, 6.45) is 4.66. The molecule has 12 heteroatoms. The molecule has 0 aromatic heterocycles. The molecule has 4 bridgehead atoms. The first kappa shape index (κ1) is 34.6. The van der Waals surface area contributed by atoms with E-state index in [0.29, 0.717) is 36.1 Å². The first-order valence-corrected chi connectivity index (χ1v) is 19.4. The largest absolute Gasteiger partial charge is 0.540 e. The molecular weight excluding hydrogens is 658 g/mol. The van der Waals surface area contributed by atoms with Gasteiger partial charge in [-0.2, -0.15) is 0 Å². The lowest BCUT2D eigenvalue weighted by atomic mass is 9.56. The average Bonchev–Trinajstić information content (AvgIpc) is 3.49. The van der Waals surface area contributed by atoms with Crippen molar-refractivity contribution in [3.8, 4) is 5.75 Å². The number of hydrogen-bond donors (Lipinski definition) is 0. The Kier molecular flexibility index (Phi) is 8.44. The third kappa shape index (κ3) is 5.37. The third-order valence-electron chi connectivity index (χ3n) is 14.4. The first-order valence-electron chi connectivity index (χ1n) is 19.4. The lowest BCUT2D eigenvalue weighted by Crippen LogP contribution is -2.71. The maximum Gasteiger partial charge on any atom is 0.540 e. The van der Waals surface area contributed by atoms with Gasteiger partial charge < -0.3 is 23.7 Å². The topological polar surface area (TPSA) is 122 Å². The van der Waals surface area contributed by atoms with E-state index in [9.17, 15) is 4.79 Å². The van der Waals surface area contributed by atoms with Crippen molar-refractivity contribution in [2.75, 3.05) is 0 Å². The van der Waals surface area contributed by atoms with Crippen molar-refractivity contribution >= 4 is 11.9 Å². The highest BCUT2D eigenvalue weighted by atomic mass is 17.3. The lowest BCUT2D eigenvalue weighted by Gasteiger charge is -2.61. The fraction of sp³-hybridized carbons (Fsp3) is 0.795. The van der Waals surface area contributed by atoms with Gasteiger partial charge in [-0.25, -0.2) is 24.3 Å². The van der Waals surface area contributed by atoms with Gasteiger partial charge in [-0.1, -0.05) is 51.0 Å². The molecule has 51 heavy (non-hydrogen) atoms. The molecule has 0 radical (unpaired) electrons. The molecule has 280 valence electrons. The van der Waals surface area contributed by atoms with Crippen LogP contribution in [0.2, 0.25) is 0 Å². The summed E-state index contributed by atoms with van der Waals surface area (Å²) in [5, 5.41) is 4.57. The first-order chi connectivity index (χ1) is 24.4. The van der Waals surface area contributed by atoms with Crippen molar-refractivity contribution < 1.29 is 52.9 Å². The molecule has 0 N–H and O–H groups in total. The maximum absolute atomic E-state index is 13.1. The second kappa shape index (κ2) is 12.4. The predicted octanol–water partition coefficient (Wildman–Crippen LogP) is 7.45. The van der Waals surface area contributed by atoms with Crippen LogP contribution in [-0.4, -0.2) is 59.4 Å². The zero-order chi connectivity index (χ0) is 35.3.